The van der Waals surface area contributed by atoms with Gasteiger partial charge in [0.05, 0.1) is 37.2 Å². The number of ether oxygens (including phenoxy) is 3. The molecule has 0 spiro atoms. The van der Waals surface area contributed by atoms with Gasteiger partial charge >= 0.3 is 12.0 Å². The number of benzene rings is 3. The molecule has 0 unspecified atom stereocenters. The number of piperidine rings is 1. The third-order valence-corrected chi connectivity index (χ3v) is 9.00. The molecule has 12 nitrogen and oxygen atoms in total. The smallest absolute Gasteiger partial charge is 0.328 e. The third kappa shape index (κ3) is 8.68. The second kappa shape index (κ2) is 15.5. The summed E-state index contributed by atoms with van der Waals surface area (Å²) in [4.78, 5) is 37.3. The van der Waals surface area contributed by atoms with Gasteiger partial charge in [-0.2, -0.15) is 15.1 Å². The molecule has 5 aromatic rings. The van der Waals surface area contributed by atoms with E-state index >= 15 is 0 Å². The van der Waals surface area contributed by atoms with Crippen LogP contribution < -0.4 is 24.8 Å². The van der Waals surface area contributed by atoms with E-state index in [0.717, 1.165) is 41.8 Å². The first kappa shape index (κ1) is 35.9. The Hall–Kier alpha value is -5.91. The van der Waals surface area contributed by atoms with Gasteiger partial charge in [-0.25, -0.2) is 9.48 Å². The van der Waals surface area contributed by atoms with E-state index in [1.807, 2.05) is 66.4 Å². The molecule has 12 heteroatoms. The number of carbonyl (C=O) groups is 2. The fraction of sp³-hybridized carbons (Fsp3) is 0.325. The Labute approximate surface area is 304 Å². The number of carbonyl (C=O) groups excluding carboxylic acids is 2. The Balaban J connectivity index is 1.06. The number of hydrogen-bond donors (Lipinski definition) is 2. The van der Waals surface area contributed by atoms with E-state index in [0.29, 0.717) is 41.8 Å². The van der Waals surface area contributed by atoms with Crippen molar-refractivity contribution in [3.05, 3.63) is 107 Å². The minimum atomic E-state index is -0.348. The number of rotatable bonds is 10. The lowest BCUT2D eigenvalue weighted by atomic mass is 9.89. The Morgan fingerprint density at radius 1 is 0.846 bits per heavy atom. The molecule has 3 aromatic carbocycles. The van der Waals surface area contributed by atoms with Crippen molar-refractivity contribution in [1.29, 1.82) is 0 Å². The number of urea groups is 1. The average molecular weight is 704 g/mol. The van der Waals surface area contributed by atoms with Gasteiger partial charge < -0.3 is 24.4 Å². The predicted molar refractivity (Wildman–Crippen MR) is 200 cm³/mol. The Morgan fingerprint density at radius 3 is 2.21 bits per heavy atom. The van der Waals surface area contributed by atoms with Gasteiger partial charge in [-0.1, -0.05) is 62.7 Å². The fourth-order valence-corrected chi connectivity index (χ4v) is 6.09. The van der Waals surface area contributed by atoms with Crippen molar-refractivity contribution in [3.63, 3.8) is 0 Å². The molecule has 6 rings (SSSR count). The Morgan fingerprint density at radius 2 is 1.54 bits per heavy atom. The van der Waals surface area contributed by atoms with Crippen LogP contribution >= 0.6 is 0 Å². The molecule has 0 atom stereocenters. The van der Waals surface area contributed by atoms with E-state index in [1.54, 1.807) is 28.9 Å². The summed E-state index contributed by atoms with van der Waals surface area (Å²) in [6.45, 7) is 9.56. The molecule has 3 heterocycles. The SMILES string of the molecule is COc1cc(OC)nc(Oc2ccccc2C(=O)N2CCC(Cc3cccc(NC(=O)Nc4cc(C(C)(C)C)nn4-c4ccc(C)cc4)c3)CC2)n1. The van der Waals surface area contributed by atoms with Crippen molar-refractivity contribution in [1.82, 2.24) is 24.6 Å². The van der Waals surface area contributed by atoms with Gasteiger partial charge in [-0.15, -0.1) is 0 Å². The molecule has 1 aliphatic rings. The molecule has 3 amide bonds. The summed E-state index contributed by atoms with van der Waals surface area (Å²) in [5, 5.41) is 10.8. The van der Waals surface area contributed by atoms with Crippen molar-refractivity contribution >= 4 is 23.4 Å². The van der Waals surface area contributed by atoms with Crippen molar-refractivity contribution < 1.29 is 23.8 Å². The van der Waals surface area contributed by atoms with E-state index < -0.39 is 0 Å². The highest BCUT2D eigenvalue weighted by atomic mass is 16.5. The zero-order valence-electron chi connectivity index (χ0n) is 30.5. The molecule has 52 heavy (non-hydrogen) atoms. The third-order valence-electron chi connectivity index (χ3n) is 9.00. The summed E-state index contributed by atoms with van der Waals surface area (Å²) >= 11 is 0. The van der Waals surface area contributed by atoms with Gasteiger partial charge in [0.15, 0.2) is 0 Å². The number of para-hydroxylation sites is 1. The average Bonchev–Trinajstić information content (AvgIpc) is 3.56. The maximum Gasteiger partial charge on any atom is 0.328 e. The number of anilines is 2. The molecule has 0 bridgehead atoms. The highest BCUT2D eigenvalue weighted by Gasteiger charge is 2.27. The monoisotopic (exact) mass is 703 g/mol. The molecule has 270 valence electrons. The van der Waals surface area contributed by atoms with Crippen LogP contribution in [0.5, 0.6) is 23.5 Å². The molecule has 1 saturated heterocycles. The van der Waals surface area contributed by atoms with E-state index in [9.17, 15) is 9.59 Å². The number of aryl methyl sites for hydroxylation is 1. The van der Waals surface area contributed by atoms with Gasteiger partial charge in [-0.05, 0) is 74.1 Å². The first-order chi connectivity index (χ1) is 25.0. The number of likely N-dealkylation sites (tertiary alicyclic amines) is 1. The summed E-state index contributed by atoms with van der Waals surface area (Å²) in [5.74, 6) is 1.79. The van der Waals surface area contributed by atoms with Gasteiger partial charge in [0.25, 0.3) is 5.91 Å². The van der Waals surface area contributed by atoms with E-state index in [1.165, 1.54) is 14.2 Å². The van der Waals surface area contributed by atoms with Crippen LogP contribution in [0.15, 0.2) is 84.9 Å². The highest BCUT2D eigenvalue weighted by Crippen LogP contribution is 2.30. The lowest BCUT2D eigenvalue weighted by molar-refractivity contribution is 0.0688. The molecule has 0 radical (unpaired) electrons. The topological polar surface area (TPSA) is 133 Å². The fourth-order valence-electron chi connectivity index (χ4n) is 6.09. The Bertz CT molecular complexity index is 2010. The molecule has 1 aliphatic heterocycles. The largest absolute Gasteiger partial charge is 0.481 e. The van der Waals surface area contributed by atoms with Gasteiger partial charge in [0.2, 0.25) is 11.8 Å². The molecule has 0 aliphatic carbocycles. The molecule has 0 saturated carbocycles. The summed E-state index contributed by atoms with van der Waals surface area (Å²) < 4.78 is 18.2. The van der Waals surface area contributed by atoms with Gasteiger partial charge in [-0.3, -0.25) is 10.1 Å². The van der Waals surface area contributed by atoms with Gasteiger partial charge in [0.1, 0.15) is 11.6 Å². The summed E-state index contributed by atoms with van der Waals surface area (Å²) in [7, 11) is 2.99. The highest BCUT2D eigenvalue weighted by molar-refractivity contribution is 5.99. The zero-order valence-corrected chi connectivity index (χ0v) is 30.5. The van der Waals surface area contributed by atoms with Crippen LogP contribution in [0.3, 0.4) is 0 Å². The van der Waals surface area contributed by atoms with Gasteiger partial charge in [0, 0.05) is 30.3 Å². The summed E-state index contributed by atoms with van der Waals surface area (Å²) in [6.07, 6.45) is 2.54. The predicted octanol–water partition coefficient (Wildman–Crippen LogP) is 7.82. The normalized spacial score (nSPS) is 13.4. The van der Waals surface area contributed by atoms with Crippen LogP contribution in [0.2, 0.25) is 0 Å². The molecule has 2 aromatic heterocycles. The van der Waals surface area contributed by atoms with Crippen LogP contribution in [0.4, 0.5) is 16.3 Å². The lowest BCUT2D eigenvalue weighted by Crippen LogP contribution is -2.39. The lowest BCUT2D eigenvalue weighted by Gasteiger charge is -2.32. The Kier molecular flexibility index (Phi) is 10.7. The van der Waals surface area contributed by atoms with Crippen LogP contribution in [0.25, 0.3) is 5.69 Å². The van der Waals surface area contributed by atoms with Crippen LogP contribution in [0.1, 0.15) is 60.8 Å². The van der Waals surface area contributed by atoms with Crippen LogP contribution in [-0.4, -0.2) is 63.9 Å². The molecular formula is C40H45N7O5. The number of amides is 3. The number of aromatic nitrogens is 4. The number of hydrogen-bond acceptors (Lipinski definition) is 8. The molecule has 1 fully saturated rings. The minimum Gasteiger partial charge on any atom is -0.481 e. The number of methoxy groups -OCH3 is 2. The maximum atomic E-state index is 13.7. The van der Waals surface area contributed by atoms with Crippen molar-refractivity contribution in [2.45, 2.75) is 52.4 Å². The molecular weight excluding hydrogens is 658 g/mol. The minimum absolute atomic E-state index is 0.0212. The quantitative estimate of drug-likeness (QED) is 0.151. The van der Waals surface area contributed by atoms with Crippen molar-refractivity contribution in [2.75, 3.05) is 37.9 Å². The van der Waals surface area contributed by atoms with E-state index in [-0.39, 0.29) is 35.1 Å². The van der Waals surface area contributed by atoms with E-state index in [4.69, 9.17) is 19.3 Å². The second-order valence-electron chi connectivity index (χ2n) is 14.0. The molecule has 2 N–H and O–H groups in total. The van der Waals surface area contributed by atoms with Crippen molar-refractivity contribution in [3.8, 4) is 29.2 Å². The first-order valence-electron chi connectivity index (χ1n) is 17.4. The standard InChI is InChI=1S/C40H45N7O5/c1-26-14-16-30(17-15-26)47-34(24-33(45-47)40(2,3)4)42-38(49)41-29-11-9-10-28(23-29)22-27-18-20-46(21-19-27)37(48)31-12-7-8-13-32(31)52-39-43-35(50-5)25-36(44-39)51-6/h7-17,23-25,27H,18-22H2,1-6H3,(H2,41,42,49). The summed E-state index contributed by atoms with van der Waals surface area (Å²) in [6, 6.07) is 26.2. The number of nitrogens with one attached hydrogen (secondary N) is 2. The first-order valence-corrected chi connectivity index (χ1v) is 17.4. The van der Waals surface area contributed by atoms with E-state index in [2.05, 4.69) is 47.4 Å². The van der Waals surface area contributed by atoms with Crippen LogP contribution in [0, 0.1) is 12.8 Å². The summed E-state index contributed by atoms with van der Waals surface area (Å²) in [5.41, 5.74) is 4.95. The number of nitrogens with zero attached hydrogens (tertiary/aromatic N) is 5. The second-order valence-corrected chi connectivity index (χ2v) is 14.0. The maximum absolute atomic E-state index is 13.7. The van der Waals surface area contributed by atoms with Crippen molar-refractivity contribution in [2.24, 2.45) is 5.92 Å². The van der Waals surface area contributed by atoms with Crippen LogP contribution in [-0.2, 0) is 11.8 Å². The zero-order chi connectivity index (χ0) is 36.8.